The zero-order chi connectivity index (χ0) is 33.5. The van der Waals surface area contributed by atoms with Crippen LogP contribution in [0.25, 0.3) is 61.9 Å². The lowest BCUT2D eigenvalue weighted by molar-refractivity contribution is 0.0600. The van der Waals surface area contributed by atoms with Gasteiger partial charge in [-0.2, -0.15) is 0 Å². The van der Waals surface area contributed by atoms with E-state index in [4.69, 9.17) is 23.7 Å². The summed E-state index contributed by atoms with van der Waals surface area (Å²) in [5, 5.41) is 0. The Balaban J connectivity index is 1.59. The second-order valence-electron chi connectivity index (χ2n) is 11.0. The third kappa shape index (κ3) is 5.19. The monoisotopic (exact) mass is 692 g/mol. The third-order valence-corrected chi connectivity index (χ3v) is 12.4. The van der Waals surface area contributed by atoms with Crippen LogP contribution in [0.2, 0.25) is 0 Å². The van der Waals surface area contributed by atoms with Gasteiger partial charge in [-0.05, 0) is 54.4 Å². The van der Waals surface area contributed by atoms with Crippen molar-refractivity contribution >= 4 is 58.8 Å². The van der Waals surface area contributed by atoms with Gasteiger partial charge in [-0.25, -0.2) is 4.79 Å². The Morgan fingerprint density at radius 1 is 0.479 bits per heavy atom. The van der Waals surface area contributed by atoms with Crippen molar-refractivity contribution in [2.75, 3.05) is 35.5 Å². The molecule has 48 heavy (non-hydrogen) atoms. The summed E-state index contributed by atoms with van der Waals surface area (Å²) in [5.74, 6) is 2.58. The minimum absolute atomic E-state index is 0.373. The van der Waals surface area contributed by atoms with E-state index in [9.17, 15) is 4.79 Å². The van der Waals surface area contributed by atoms with Crippen molar-refractivity contribution in [3.8, 4) is 66.1 Å². The summed E-state index contributed by atoms with van der Waals surface area (Å²) in [7, 11) is 8.14. The van der Waals surface area contributed by atoms with Crippen LogP contribution in [0.1, 0.15) is 15.9 Å². The molecule has 0 amide bonds. The molecule has 6 nitrogen and oxygen atoms in total. The maximum Gasteiger partial charge on any atom is 0.337 e. The summed E-state index contributed by atoms with van der Waals surface area (Å²) in [6.07, 6.45) is 0. The first kappa shape index (κ1) is 31.8. The minimum atomic E-state index is -0.373. The Hall–Kier alpha value is -4.83. The number of hydrogen-bond donors (Lipinski definition) is 0. The smallest absolute Gasteiger partial charge is 0.337 e. The number of methoxy groups -OCH3 is 5. The first-order valence-electron chi connectivity index (χ1n) is 15.1. The average Bonchev–Trinajstić information content (AvgIpc) is 3.79. The van der Waals surface area contributed by atoms with E-state index in [1.54, 1.807) is 62.4 Å². The SMILES string of the molecule is COC(=O)c1ccc(-c2c(-c3c(OC)cccc3OC)sc3c2sc2c(-c4ccc(C)cc4)c(-c4c(OC)cccc4OC)sc23)cc1. The number of carbonyl (C=O) groups is 1. The van der Waals surface area contributed by atoms with E-state index in [1.165, 1.54) is 26.8 Å². The summed E-state index contributed by atoms with van der Waals surface area (Å²) in [4.78, 5) is 14.4. The van der Waals surface area contributed by atoms with E-state index in [0.29, 0.717) is 5.56 Å². The van der Waals surface area contributed by atoms with Crippen LogP contribution in [0.4, 0.5) is 0 Å². The van der Waals surface area contributed by atoms with Crippen LogP contribution in [-0.2, 0) is 4.74 Å². The lowest BCUT2D eigenvalue weighted by Gasteiger charge is -2.14. The number of thiophene rings is 3. The van der Waals surface area contributed by atoms with Gasteiger partial charge in [0.25, 0.3) is 0 Å². The summed E-state index contributed by atoms with van der Waals surface area (Å²) in [6, 6.07) is 28.0. The number of aryl methyl sites for hydroxylation is 1. The molecule has 0 saturated carbocycles. The fourth-order valence-electron chi connectivity index (χ4n) is 6.07. The van der Waals surface area contributed by atoms with E-state index in [-0.39, 0.29) is 5.97 Å². The molecule has 242 valence electrons. The second kappa shape index (κ2) is 13.0. The molecule has 0 fully saturated rings. The van der Waals surface area contributed by atoms with E-state index < -0.39 is 0 Å². The highest BCUT2D eigenvalue weighted by atomic mass is 32.1. The van der Waals surface area contributed by atoms with Crippen LogP contribution >= 0.6 is 34.0 Å². The van der Waals surface area contributed by atoms with Gasteiger partial charge < -0.3 is 23.7 Å². The molecule has 3 aromatic heterocycles. The highest BCUT2D eigenvalue weighted by Crippen LogP contribution is 2.60. The Kier molecular flexibility index (Phi) is 8.60. The molecule has 0 N–H and O–H groups in total. The van der Waals surface area contributed by atoms with Gasteiger partial charge in [0.05, 0.1) is 80.8 Å². The van der Waals surface area contributed by atoms with Gasteiger partial charge >= 0.3 is 5.97 Å². The van der Waals surface area contributed by atoms with Crippen molar-refractivity contribution in [1.82, 2.24) is 0 Å². The molecule has 0 spiro atoms. The Labute approximate surface area is 290 Å². The zero-order valence-corrected chi connectivity index (χ0v) is 29.7. The molecule has 0 unspecified atom stereocenters. The van der Waals surface area contributed by atoms with Crippen molar-refractivity contribution in [2.24, 2.45) is 0 Å². The average molecular weight is 693 g/mol. The molecule has 3 heterocycles. The first-order valence-corrected chi connectivity index (χ1v) is 17.6. The summed E-state index contributed by atoms with van der Waals surface area (Å²) < 4.78 is 33.3. The van der Waals surface area contributed by atoms with Crippen LogP contribution < -0.4 is 18.9 Å². The number of ether oxygens (including phenoxy) is 5. The van der Waals surface area contributed by atoms with Crippen LogP contribution in [0.15, 0.2) is 84.9 Å². The van der Waals surface area contributed by atoms with Crippen molar-refractivity contribution in [3.05, 3.63) is 96.1 Å². The summed E-state index contributed by atoms with van der Waals surface area (Å²) in [6.45, 7) is 2.10. The predicted molar refractivity (Wildman–Crippen MR) is 199 cm³/mol. The maximum absolute atomic E-state index is 12.3. The van der Waals surface area contributed by atoms with Gasteiger partial charge in [0, 0.05) is 11.1 Å². The van der Waals surface area contributed by atoms with Crippen molar-refractivity contribution in [2.45, 2.75) is 6.92 Å². The van der Waals surface area contributed by atoms with Crippen LogP contribution in [0, 0.1) is 6.92 Å². The fourth-order valence-corrected chi connectivity index (χ4v) is 10.7. The topological polar surface area (TPSA) is 63.2 Å². The number of rotatable bonds is 9. The number of esters is 1. The van der Waals surface area contributed by atoms with Gasteiger partial charge in [-0.15, -0.1) is 34.0 Å². The van der Waals surface area contributed by atoms with Crippen LogP contribution in [0.3, 0.4) is 0 Å². The molecular formula is C39H32O6S3. The lowest BCUT2D eigenvalue weighted by Crippen LogP contribution is -2.00. The molecule has 0 bridgehead atoms. The number of hydrogen-bond acceptors (Lipinski definition) is 9. The number of fused-ring (bicyclic) bond motifs is 3. The fraction of sp³-hybridized carbons (Fsp3) is 0.154. The molecule has 0 aliphatic rings. The van der Waals surface area contributed by atoms with Crippen molar-refractivity contribution in [1.29, 1.82) is 0 Å². The van der Waals surface area contributed by atoms with Gasteiger partial charge in [0.15, 0.2) is 0 Å². The summed E-state index contributed by atoms with van der Waals surface area (Å²) >= 11 is 5.25. The second-order valence-corrected chi connectivity index (χ2v) is 14.1. The van der Waals surface area contributed by atoms with Crippen LogP contribution in [-0.4, -0.2) is 41.5 Å². The predicted octanol–water partition coefficient (Wildman–Crippen LogP) is 11.0. The molecule has 9 heteroatoms. The van der Waals surface area contributed by atoms with E-state index in [2.05, 4.69) is 31.2 Å². The van der Waals surface area contributed by atoms with E-state index >= 15 is 0 Å². The number of carbonyl (C=O) groups excluding carboxylic acids is 1. The van der Waals surface area contributed by atoms with Gasteiger partial charge in [0.2, 0.25) is 0 Å². The van der Waals surface area contributed by atoms with Crippen molar-refractivity contribution in [3.63, 3.8) is 0 Å². The molecule has 0 saturated heterocycles. The maximum atomic E-state index is 12.3. The quantitative estimate of drug-likeness (QED) is 0.140. The first-order chi connectivity index (χ1) is 23.4. The van der Waals surface area contributed by atoms with Crippen LogP contribution in [0.5, 0.6) is 23.0 Å². The minimum Gasteiger partial charge on any atom is -0.496 e. The van der Waals surface area contributed by atoms with Gasteiger partial charge in [-0.3, -0.25) is 0 Å². The Morgan fingerprint density at radius 2 is 0.875 bits per heavy atom. The highest BCUT2D eigenvalue weighted by Gasteiger charge is 2.29. The molecule has 0 aliphatic carbocycles. The van der Waals surface area contributed by atoms with Crippen molar-refractivity contribution < 1.29 is 28.5 Å². The van der Waals surface area contributed by atoms with Gasteiger partial charge in [0.1, 0.15) is 23.0 Å². The summed E-state index contributed by atoms with van der Waals surface area (Å²) in [5.41, 5.74) is 7.83. The molecule has 7 aromatic rings. The van der Waals surface area contributed by atoms with E-state index in [1.807, 2.05) is 60.7 Å². The normalized spacial score (nSPS) is 11.2. The molecule has 4 aromatic carbocycles. The highest BCUT2D eigenvalue weighted by molar-refractivity contribution is 7.41. The lowest BCUT2D eigenvalue weighted by atomic mass is 9.99. The molecular weight excluding hydrogens is 661 g/mol. The third-order valence-electron chi connectivity index (χ3n) is 8.38. The van der Waals surface area contributed by atoms with E-state index in [0.717, 1.165) is 70.8 Å². The molecule has 0 radical (unpaired) electrons. The standard InChI is InChI=1S/C39H32O6S3/c1-21-13-15-22(16-14-21)29-33(31-25(41-2)9-7-10-26(31)42-3)46-37-35(29)48-36-30(23-17-19-24(20-18-23)39(40)45-6)34(47-38(36)37)32-27(43-4)11-8-12-28(32)44-5/h7-20H,1-6H3. The Bertz CT molecular complexity index is 2250. The Morgan fingerprint density at radius 3 is 1.25 bits per heavy atom. The molecule has 0 aliphatic heterocycles. The zero-order valence-electron chi connectivity index (χ0n) is 27.3. The molecule has 7 rings (SSSR count). The largest absolute Gasteiger partial charge is 0.496 e. The number of benzene rings is 4. The van der Waals surface area contributed by atoms with Gasteiger partial charge in [-0.1, -0.05) is 54.1 Å². The molecule has 0 atom stereocenters.